The third kappa shape index (κ3) is 3.74. The van der Waals surface area contributed by atoms with E-state index in [0.717, 1.165) is 52.2 Å². The Morgan fingerprint density at radius 3 is 2.52 bits per heavy atom. The highest BCUT2D eigenvalue weighted by atomic mass is 16.3. The zero-order chi connectivity index (χ0) is 16.2. The molecule has 0 spiro atoms. The zero-order valence-electron chi connectivity index (χ0n) is 13.9. The van der Waals surface area contributed by atoms with Gasteiger partial charge in [0.2, 0.25) is 5.91 Å². The monoisotopic (exact) mass is 317 g/mol. The van der Waals surface area contributed by atoms with Crippen molar-refractivity contribution in [1.29, 1.82) is 0 Å². The van der Waals surface area contributed by atoms with Crippen LogP contribution in [0.15, 0.2) is 24.3 Å². The number of fused-ring (bicyclic) bond motifs is 1. The summed E-state index contributed by atoms with van der Waals surface area (Å²) in [5.74, 6) is 0.245. The van der Waals surface area contributed by atoms with Crippen LogP contribution in [-0.2, 0) is 17.8 Å². The number of β-amino-alcohol motifs (C(OH)–C–C–N with tert-alkyl or cyclic N) is 1. The summed E-state index contributed by atoms with van der Waals surface area (Å²) < 4.78 is 0. The normalized spacial score (nSPS) is 21.0. The second-order valence-electron chi connectivity index (χ2n) is 6.56. The van der Waals surface area contributed by atoms with Crippen LogP contribution in [-0.4, -0.2) is 77.6 Å². The van der Waals surface area contributed by atoms with Gasteiger partial charge in [0.15, 0.2) is 0 Å². The Hall–Kier alpha value is -1.43. The van der Waals surface area contributed by atoms with Gasteiger partial charge in [0.1, 0.15) is 0 Å². The molecule has 2 aliphatic rings. The maximum atomic E-state index is 12.8. The van der Waals surface area contributed by atoms with Gasteiger partial charge in [-0.2, -0.15) is 0 Å². The molecule has 0 radical (unpaired) electrons. The number of carbonyl (C=O) groups is 1. The average Bonchev–Trinajstić information content (AvgIpc) is 2.61. The Balaban J connectivity index is 1.56. The highest BCUT2D eigenvalue weighted by Crippen LogP contribution is 2.20. The molecular weight excluding hydrogens is 290 g/mol. The summed E-state index contributed by atoms with van der Waals surface area (Å²) in [7, 11) is 0. The first-order valence-electron chi connectivity index (χ1n) is 8.62. The molecule has 2 heterocycles. The lowest BCUT2D eigenvalue weighted by Gasteiger charge is -2.39. The van der Waals surface area contributed by atoms with Crippen LogP contribution in [0.2, 0.25) is 0 Å². The van der Waals surface area contributed by atoms with Gasteiger partial charge in [-0.3, -0.25) is 14.6 Å². The Labute approximate surface area is 138 Å². The molecule has 1 atom stereocenters. The first-order valence-corrected chi connectivity index (χ1v) is 8.62. The number of benzene rings is 1. The predicted molar refractivity (Wildman–Crippen MR) is 90.1 cm³/mol. The number of hydrogen-bond acceptors (Lipinski definition) is 4. The summed E-state index contributed by atoms with van der Waals surface area (Å²) in [6.07, 6.45) is 0.957. The summed E-state index contributed by atoms with van der Waals surface area (Å²) in [4.78, 5) is 19.4. The van der Waals surface area contributed by atoms with E-state index in [4.69, 9.17) is 5.11 Å². The van der Waals surface area contributed by atoms with Gasteiger partial charge in [-0.25, -0.2) is 0 Å². The summed E-state index contributed by atoms with van der Waals surface area (Å²) in [6.45, 7) is 8.20. The van der Waals surface area contributed by atoms with Crippen molar-refractivity contribution in [3.63, 3.8) is 0 Å². The van der Waals surface area contributed by atoms with E-state index < -0.39 is 0 Å². The van der Waals surface area contributed by atoms with Crippen molar-refractivity contribution in [3.8, 4) is 0 Å². The molecule has 0 saturated carbocycles. The number of aliphatic hydroxyl groups excluding tert-OH is 1. The van der Waals surface area contributed by atoms with Crippen LogP contribution in [0.1, 0.15) is 18.1 Å². The number of carbonyl (C=O) groups excluding carboxylic acids is 1. The number of aliphatic hydroxyl groups is 1. The molecule has 5 heteroatoms. The number of piperazine rings is 1. The van der Waals surface area contributed by atoms with Gasteiger partial charge in [0.25, 0.3) is 0 Å². The van der Waals surface area contributed by atoms with Crippen LogP contribution in [0.25, 0.3) is 0 Å². The Morgan fingerprint density at radius 2 is 1.83 bits per heavy atom. The molecule has 126 valence electrons. The lowest BCUT2D eigenvalue weighted by molar-refractivity contribution is -0.138. The van der Waals surface area contributed by atoms with Crippen molar-refractivity contribution >= 4 is 5.91 Å². The van der Waals surface area contributed by atoms with Gasteiger partial charge in [-0.05, 0) is 24.5 Å². The largest absolute Gasteiger partial charge is 0.395 e. The second-order valence-corrected chi connectivity index (χ2v) is 6.56. The molecular formula is C18H27N3O2. The number of nitrogens with zero attached hydrogens (tertiary/aromatic N) is 3. The Bertz CT molecular complexity index is 541. The van der Waals surface area contributed by atoms with Crippen molar-refractivity contribution in [1.82, 2.24) is 14.7 Å². The molecule has 1 amide bonds. The first kappa shape index (κ1) is 16.4. The summed E-state index contributed by atoms with van der Waals surface area (Å²) >= 11 is 0. The van der Waals surface area contributed by atoms with Crippen molar-refractivity contribution in [2.45, 2.75) is 25.9 Å². The molecule has 23 heavy (non-hydrogen) atoms. The first-order chi connectivity index (χ1) is 11.2. The SMILES string of the molecule is C[C@H](C(=O)N1CCc2ccccc2C1)N1CCN(CCO)CC1. The molecule has 0 bridgehead atoms. The van der Waals surface area contributed by atoms with Crippen molar-refractivity contribution < 1.29 is 9.90 Å². The molecule has 1 N–H and O–H groups in total. The van der Waals surface area contributed by atoms with Gasteiger partial charge in [0.05, 0.1) is 12.6 Å². The van der Waals surface area contributed by atoms with Gasteiger partial charge in [-0.15, -0.1) is 0 Å². The maximum absolute atomic E-state index is 12.8. The van der Waals surface area contributed by atoms with E-state index in [2.05, 4.69) is 34.1 Å². The molecule has 1 saturated heterocycles. The van der Waals surface area contributed by atoms with E-state index in [-0.39, 0.29) is 18.6 Å². The van der Waals surface area contributed by atoms with Gasteiger partial charge >= 0.3 is 0 Å². The fourth-order valence-electron chi connectivity index (χ4n) is 3.62. The number of rotatable bonds is 4. The van der Waals surface area contributed by atoms with Gasteiger partial charge < -0.3 is 10.0 Å². The Morgan fingerprint density at radius 1 is 1.13 bits per heavy atom. The third-order valence-corrected chi connectivity index (χ3v) is 5.17. The van der Waals surface area contributed by atoms with E-state index in [0.29, 0.717) is 0 Å². The highest BCUT2D eigenvalue weighted by molar-refractivity contribution is 5.81. The minimum Gasteiger partial charge on any atom is -0.395 e. The molecule has 1 fully saturated rings. The molecule has 5 nitrogen and oxygen atoms in total. The van der Waals surface area contributed by atoms with Gasteiger partial charge in [-0.1, -0.05) is 24.3 Å². The van der Waals surface area contributed by atoms with Crippen LogP contribution < -0.4 is 0 Å². The molecule has 0 aromatic heterocycles. The molecule has 3 rings (SSSR count). The van der Waals surface area contributed by atoms with Crippen LogP contribution in [0.3, 0.4) is 0 Å². The molecule has 1 aromatic rings. The van der Waals surface area contributed by atoms with Crippen LogP contribution in [0.5, 0.6) is 0 Å². The van der Waals surface area contributed by atoms with Crippen molar-refractivity contribution in [3.05, 3.63) is 35.4 Å². The number of amides is 1. The van der Waals surface area contributed by atoms with E-state index >= 15 is 0 Å². The molecule has 0 aliphatic carbocycles. The third-order valence-electron chi connectivity index (χ3n) is 5.17. The van der Waals surface area contributed by atoms with Gasteiger partial charge in [0, 0.05) is 45.8 Å². The Kier molecular flexibility index (Phi) is 5.30. The van der Waals surface area contributed by atoms with E-state index in [9.17, 15) is 4.79 Å². The van der Waals surface area contributed by atoms with Crippen LogP contribution in [0, 0.1) is 0 Å². The fourth-order valence-corrected chi connectivity index (χ4v) is 3.62. The van der Waals surface area contributed by atoms with E-state index in [1.807, 2.05) is 11.8 Å². The number of hydrogen-bond donors (Lipinski definition) is 1. The predicted octanol–water partition coefficient (Wildman–Crippen LogP) is 0.570. The summed E-state index contributed by atoms with van der Waals surface area (Å²) in [5.41, 5.74) is 2.66. The topological polar surface area (TPSA) is 47.0 Å². The van der Waals surface area contributed by atoms with Crippen molar-refractivity contribution in [2.75, 3.05) is 45.9 Å². The second kappa shape index (κ2) is 7.43. The van der Waals surface area contributed by atoms with Crippen molar-refractivity contribution in [2.24, 2.45) is 0 Å². The molecule has 2 aliphatic heterocycles. The maximum Gasteiger partial charge on any atom is 0.239 e. The average molecular weight is 317 g/mol. The van der Waals surface area contributed by atoms with E-state index in [1.165, 1.54) is 11.1 Å². The molecule has 1 aromatic carbocycles. The lowest BCUT2D eigenvalue weighted by atomic mass is 9.99. The summed E-state index contributed by atoms with van der Waals surface area (Å²) in [5, 5.41) is 9.02. The molecule has 0 unspecified atom stereocenters. The smallest absolute Gasteiger partial charge is 0.239 e. The standard InChI is InChI=1S/C18H27N3O2/c1-15(20-10-8-19(9-11-20)12-13-22)18(23)21-7-6-16-4-2-3-5-17(16)14-21/h2-5,15,22H,6-14H2,1H3/t15-/m1/s1. The quantitative estimate of drug-likeness (QED) is 0.882. The van der Waals surface area contributed by atoms with Crippen LogP contribution >= 0.6 is 0 Å². The zero-order valence-corrected chi connectivity index (χ0v) is 13.9. The summed E-state index contributed by atoms with van der Waals surface area (Å²) in [6, 6.07) is 8.37. The minimum absolute atomic E-state index is 0.0588. The minimum atomic E-state index is -0.0588. The van der Waals surface area contributed by atoms with Crippen LogP contribution in [0.4, 0.5) is 0 Å². The highest BCUT2D eigenvalue weighted by Gasteiger charge is 2.30. The fraction of sp³-hybridized carbons (Fsp3) is 0.611. The van der Waals surface area contributed by atoms with E-state index in [1.54, 1.807) is 0 Å². The lowest BCUT2D eigenvalue weighted by Crippen LogP contribution is -2.55.